The molecule has 74 valence electrons. The van der Waals surface area contributed by atoms with Crippen molar-refractivity contribution in [3.05, 3.63) is 17.6 Å². The average Bonchev–Trinajstić information content (AvgIpc) is 3.04. The van der Waals surface area contributed by atoms with Crippen LogP contribution < -0.4 is 10.1 Å². The molecular formula is C10H13N3O. The molecule has 4 nitrogen and oxygen atoms in total. The molecule has 2 heterocycles. The van der Waals surface area contributed by atoms with Gasteiger partial charge in [0.05, 0.1) is 5.69 Å². The van der Waals surface area contributed by atoms with Crippen LogP contribution in [0.5, 0.6) is 5.88 Å². The van der Waals surface area contributed by atoms with E-state index in [1.165, 1.54) is 12.8 Å². The zero-order chi connectivity index (χ0) is 9.38. The molecule has 1 aromatic rings. The molecule has 0 unspecified atom stereocenters. The van der Waals surface area contributed by atoms with Gasteiger partial charge in [-0.25, -0.2) is 4.98 Å². The summed E-state index contributed by atoms with van der Waals surface area (Å²) in [6, 6.07) is 0. The van der Waals surface area contributed by atoms with Crippen LogP contribution in [0.4, 0.5) is 0 Å². The van der Waals surface area contributed by atoms with E-state index in [0.29, 0.717) is 12.5 Å². The number of hydrogen-bond acceptors (Lipinski definition) is 4. The van der Waals surface area contributed by atoms with E-state index in [-0.39, 0.29) is 0 Å². The first-order chi connectivity index (χ1) is 6.93. The summed E-state index contributed by atoms with van der Waals surface area (Å²) in [4.78, 5) is 8.90. The third-order valence-electron chi connectivity index (χ3n) is 2.64. The predicted molar refractivity (Wildman–Crippen MR) is 51.2 cm³/mol. The van der Waals surface area contributed by atoms with Gasteiger partial charge in [0.15, 0.2) is 0 Å². The Morgan fingerprint density at radius 3 is 3.21 bits per heavy atom. The van der Waals surface area contributed by atoms with E-state index in [1.807, 2.05) is 6.20 Å². The molecule has 3 rings (SSSR count). The monoisotopic (exact) mass is 191 g/mol. The van der Waals surface area contributed by atoms with E-state index in [4.69, 9.17) is 4.74 Å². The first-order valence-electron chi connectivity index (χ1n) is 5.13. The summed E-state index contributed by atoms with van der Waals surface area (Å²) < 4.78 is 5.53. The number of aromatic nitrogens is 2. The van der Waals surface area contributed by atoms with Gasteiger partial charge in [0, 0.05) is 25.2 Å². The van der Waals surface area contributed by atoms with Crippen molar-refractivity contribution in [2.75, 3.05) is 13.2 Å². The van der Waals surface area contributed by atoms with Gasteiger partial charge >= 0.3 is 0 Å². The minimum absolute atomic E-state index is 0.646. The first-order valence-corrected chi connectivity index (χ1v) is 5.13. The summed E-state index contributed by atoms with van der Waals surface area (Å²) in [6.07, 6.45) is 4.41. The van der Waals surface area contributed by atoms with Crippen LogP contribution in [0.2, 0.25) is 0 Å². The molecule has 0 bridgehead atoms. The van der Waals surface area contributed by atoms with Crippen molar-refractivity contribution in [2.45, 2.75) is 25.3 Å². The first kappa shape index (κ1) is 8.17. The Morgan fingerprint density at radius 1 is 1.43 bits per heavy atom. The molecule has 1 N–H and O–H groups in total. The Balaban J connectivity index is 1.94. The fourth-order valence-corrected chi connectivity index (χ4v) is 1.65. The molecule has 14 heavy (non-hydrogen) atoms. The highest BCUT2D eigenvalue weighted by molar-refractivity contribution is 5.24. The van der Waals surface area contributed by atoms with E-state index in [0.717, 1.165) is 30.4 Å². The highest BCUT2D eigenvalue weighted by Gasteiger charge is 2.26. The van der Waals surface area contributed by atoms with Crippen LogP contribution in [-0.4, -0.2) is 23.1 Å². The maximum atomic E-state index is 5.53. The molecule has 0 aromatic carbocycles. The van der Waals surface area contributed by atoms with Gasteiger partial charge in [-0.05, 0) is 12.8 Å². The Bertz CT molecular complexity index is 349. The third kappa shape index (κ3) is 1.46. The maximum Gasteiger partial charge on any atom is 0.237 e. The molecule has 0 spiro atoms. The van der Waals surface area contributed by atoms with Crippen LogP contribution in [0.25, 0.3) is 0 Å². The Morgan fingerprint density at radius 2 is 2.36 bits per heavy atom. The number of nitrogens with zero attached hydrogens (tertiary/aromatic N) is 2. The molecule has 1 fully saturated rings. The molecule has 0 amide bonds. The normalized spacial score (nSPS) is 20.9. The number of nitrogens with one attached hydrogen (secondary N) is 1. The highest BCUT2D eigenvalue weighted by atomic mass is 16.5. The van der Waals surface area contributed by atoms with Gasteiger partial charge in [0.1, 0.15) is 12.3 Å². The molecule has 0 radical (unpaired) electrons. The molecule has 4 heteroatoms. The standard InChI is InChI=1S/C10H13N3O/c1-2-7(1)8-6-12-9-5-11-3-4-14-10(9)13-8/h6-7,11H,1-5H2. The molecule has 1 aliphatic heterocycles. The summed E-state index contributed by atoms with van der Waals surface area (Å²) in [6.45, 7) is 2.33. The minimum atomic E-state index is 0.646. The van der Waals surface area contributed by atoms with E-state index >= 15 is 0 Å². The Labute approximate surface area is 82.7 Å². The Kier molecular flexibility index (Phi) is 1.87. The average molecular weight is 191 g/mol. The summed E-state index contributed by atoms with van der Waals surface area (Å²) >= 11 is 0. The summed E-state index contributed by atoms with van der Waals surface area (Å²) in [5, 5.41) is 3.24. The number of rotatable bonds is 1. The summed E-state index contributed by atoms with van der Waals surface area (Å²) in [5.74, 6) is 1.38. The van der Waals surface area contributed by atoms with Crippen LogP contribution >= 0.6 is 0 Å². The lowest BCUT2D eigenvalue weighted by Crippen LogP contribution is -2.16. The van der Waals surface area contributed by atoms with Crippen LogP contribution in [0.15, 0.2) is 6.20 Å². The van der Waals surface area contributed by atoms with E-state index < -0.39 is 0 Å². The predicted octanol–water partition coefficient (Wildman–Crippen LogP) is 0.836. The molecule has 0 saturated heterocycles. The van der Waals surface area contributed by atoms with Crippen molar-refractivity contribution in [3.8, 4) is 5.88 Å². The molecule has 2 aliphatic rings. The lowest BCUT2D eigenvalue weighted by Gasteiger charge is -2.05. The van der Waals surface area contributed by atoms with Gasteiger partial charge in [0.25, 0.3) is 0 Å². The largest absolute Gasteiger partial charge is 0.475 e. The van der Waals surface area contributed by atoms with Crippen molar-refractivity contribution in [1.82, 2.24) is 15.3 Å². The molecule has 0 atom stereocenters. The minimum Gasteiger partial charge on any atom is -0.475 e. The SMILES string of the molecule is c1nc2c(nc1C1CC1)OCCNC2. The molecular weight excluding hydrogens is 178 g/mol. The van der Waals surface area contributed by atoms with Gasteiger partial charge in [-0.1, -0.05) is 0 Å². The third-order valence-corrected chi connectivity index (χ3v) is 2.64. The lowest BCUT2D eigenvalue weighted by atomic mass is 10.3. The quantitative estimate of drug-likeness (QED) is 0.714. The topological polar surface area (TPSA) is 47.0 Å². The number of fused-ring (bicyclic) bond motifs is 1. The van der Waals surface area contributed by atoms with Gasteiger partial charge < -0.3 is 10.1 Å². The van der Waals surface area contributed by atoms with Crippen molar-refractivity contribution in [1.29, 1.82) is 0 Å². The molecule has 1 aromatic heterocycles. The Hall–Kier alpha value is -1.16. The zero-order valence-electron chi connectivity index (χ0n) is 7.99. The van der Waals surface area contributed by atoms with E-state index in [1.54, 1.807) is 0 Å². The van der Waals surface area contributed by atoms with Gasteiger partial charge in [-0.2, -0.15) is 0 Å². The van der Waals surface area contributed by atoms with E-state index in [2.05, 4.69) is 15.3 Å². The van der Waals surface area contributed by atoms with E-state index in [9.17, 15) is 0 Å². The van der Waals surface area contributed by atoms with Crippen LogP contribution in [0.1, 0.15) is 30.1 Å². The lowest BCUT2D eigenvalue weighted by molar-refractivity contribution is 0.312. The summed E-state index contributed by atoms with van der Waals surface area (Å²) in [7, 11) is 0. The second-order valence-corrected chi connectivity index (χ2v) is 3.85. The smallest absolute Gasteiger partial charge is 0.237 e. The zero-order valence-corrected chi connectivity index (χ0v) is 7.99. The van der Waals surface area contributed by atoms with Gasteiger partial charge in [-0.15, -0.1) is 0 Å². The van der Waals surface area contributed by atoms with Crippen molar-refractivity contribution < 1.29 is 4.74 Å². The second-order valence-electron chi connectivity index (χ2n) is 3.85. The van der Waals surface area contributed by atoms with Crippen LogP contribution in [0, 0.1) is 0 Å². The number of ether oxygens (including phenoxy) is 1. The van der Waals surface area contributed by atoms with Crippen LogP contribution in [0.3, 0.4) is 0 Å². The highest BCUT2D eigenvalue weighted by Crippen LogP contribution is 2.39. The number of hydrogen-bond donors (Lipinski definition) is 1. The summed E-state index contributed by atoms with van der Waals surface area (Å²) in [5.41, 5.74) is 2.04. The fourth-order valence-electron chi connectivity index (χ4n) is 1.65. The van der Waals surface area contributed by atoms with Gasteiger partial charge in [0.2, 0.25) is 5.88 Å². The van der Waals surface area contributed by atoms with Crippen molar-refractivity contribution >= 4 is 0 Å². The second kappa shape index (κ2) is 3.20. The van der Waals surface area contributed by atoms with Gasteiger partial charge in [-0.3, -0.25) is 4.98 Å². The van der Waals surface area contributed by atoms with Crippen molar-refractivity contribution in [2.24, 2.45) is 0 Å². The molecule has 1 saturated carbocycles. The van der Waals surface area contributed by atoms with Crippen LogP contribution in [-0.2, 0) is 6.54 Å². The molecule has 1 aliphatic carbocycles. The fraction of sp³-hybridized carbons (Fsp3) is 0.600. The van der Waals surface area contributed by atoms with Crippen molar-refractivity contribution in [3.63, 3.8) is 0 Å². The maximum absolute atomic E-state index is 5.53.